The van der Waals surface area contributed by atoms with Gasteiger partial charge in [0.1, 0.15) is 12.4 Å². The molecule has 30 heteroatoms. The summed E-state index contributed by atoms with van der Waals surface area (Å²) >= 11 is 0. The van der Waals surface area contributed by atoms with Gasteiger partial charge in [0, 0.05) is 33.9 Å². The first-order chi connectivity index (χ1) is 47.8. The summed E-state index contributed by atoms with van der Waals surface area (Å²) in [5.74, 6) is -8.28. The van der Waals surface area contributed by atoms with Gasteiger partial charge in [-0.05, 0) is 61.0 Å². The maximum absolute atomic E-state index is 14.5. The number of amides is 1. The van der Waals surface area contributed by atoms with Crippen LogP contribution in [0.4, 0.5) is 4.79 Å². The summed E-state index contributed by atoms with van der Waals surface area (Å²) in [4.78, 5) is 84.3. The first-order valence-electron chi connectivity index (χ1n) is 34.4. The van der Waals surface area contributed by atoms with Gasteiger partial charge >= 0.3 is 355 Å². The van der Waals surface area contributed by atoms with E-state index in [2.05, 4.69) is 10.0 Å². The van der Waals surface area contributed by atoms with Gasteiger partial charge in [-0.2, -0.15) is 0 Å². The molecule has 0 N–H and O–H groups in total. The predicted molar refractivity (Wildman–Crippen MR) is 362 cm³/mol. The molecule has 0 spiro atoms. The number of ether oxygens (including phenoxy) is 16. The first kappa shape index (κ1) is 79.1. The molecular formula is C70H97B2N4O23P. The molecule has 546 valence electrons. The van der Waals surface area contributed by atoms with Gasteiger partial charge in [-0.1, -0.05) is 72.8 Å². The summed E-state index contributed by atoms with van der Waals surface area (Å²) in [6, 6.07) is 24.9. The van der Waals surface area contributed by atoms with Crippen molar-refractivity contribution in [1.82, 2.24) is 4.90 Å². The van der Waals surface area contributed by atoms with Crippen molar-refractivity contribution in [2.24, 2.45) is 28.8 Å². The van der Waals surface area contributed by atoms with Gasteiger partial charge in [0.15, 0.2) is 0 Å². The Morgan fingerprint density at radius 1 is 0.720 bits per heavy atom. The molecule has 100 heavy (non-hydrogen) atoms. The summed E-state index contributed by atoms with van der Waals surface area (Å²) in [5, 5.41) is 3.98. The second-order valence-electron chi connectivity index (χ2n) is 26.8. The third-order valence-electron chi connectivity index (χ3n) is 18.8. The minimum absolute atomic E-state index is 0.0174. The second kappa shape index (κ2) is 37.0. The van der Waals surface area contributed by atoms with Gasteiger partial charge in [-0.3, -0.25) is 14.4 Å². The van der Waals surface area contributed by atoms with Crippen molar-refractivity contribution in [3.63, 3.8) is 0 Å². The molecule has 8 rings (SSSR count). The van der Waals surface area contributed by atoms with Crippen molar-refractivity contribution in [3.8, 4) is 5.75 Å². The van der Waals surface area contributed by atoms with E-state index < -0.39 is 164 Å². The Labute approximate surface area is 587 Å². The summed E-state index contributed by atoms with van der Waals surface area (Å²) in [5.41, 5.74) is 12.1. The van der Waals surface area contributed by atoms with Crippen molar-refractivity contribution >= 4 is 58.3 Å². The Hall–Kier alpha value is -6.61. The van der Waals surface area contributed by atoms with E-state index in [1.807, 2.05) is 114 Å². The van der Waals surface area contributed by atoms with E-state index in [0.717, 1.165) is 37.6 Å². The van der Waals surface area contributed by atoms with Crippen LogP contribution in [0.2, 0.25) is 0 Å². The molecule has 3 aromatic carbocycles. The zero-order valence-electron chi connectivity index (χ0n) is 59.4. The summed E-state index contributed by atoms with van der Waals surface area (Å²) in [7, 11) is 1.85. The Balaban J connectivity index is 1.11. The fraction of sp³-hybridized carbons (Fsp3) is 0.657. The van der Waals surface area contributed by atoms with Crippen LogP contribution in [0.3, 0.4) is 0 Å². The molecule has 5 fully saturated rings. The van der Waals surface area contributed by atoms with Crippen LogP contribution in [0.1, 0.15) is 132 Å². The second-order valence-corrected chi connectivity index (χ2v) is 28.3. The molecule has 22 atom stereocenters. The molecule has 0 bridgehead atoms. The standard InChI is InChI=1S/C70H97B2N4O23P/c1-14-39(3)51-33-41(5)57(95-64-54(74-75-73)60(89-45(9)79)58(88-44(8)78)52(92-64)37-85-43(7)77)65(91-51)96-61-62(90-46(10)80)66(94-56(40(4)15-2)63(61)100-72-71-83)93-55-42(6)34-70(67(81)84-13,99-59(55)53-38-87-69(11,12)98-53)97-50-30-28-47(29-31-50)27-22-32-76(35-48-23-18-16-19-24-48)68(82)86-36-49-25-20-17-21-26-49/h16-21,23-26,28-31,39-42,51-66,72,100H,14-15,22,27,32-38H2,1-13H3/t39-,40-,41?,42+,51+,52?,53+,54+,55+,56?,57?,58+,59?,60?,61+,62?,63+,64+,65+,66-,70+/m0/s1. The van der Waals surface area contributed by atoms with Crippen LogP contribution in [0.15, 0.2) is 90.0 Å². The van der Waals surface area contributed by atoms with Gasteiger partial charge in [0.05, 0.1) is 7.11 Å². The number of esters is 5. The number of methoxy groups -OCH3 is 1. The fourth-order valence-electron chi connectivity index (χ4n) is 13.4. The van der Waals surface area contributed by atoms with E-state index >= 15 is 0 Å². The third-order valence-corrected chi connectivity index (χ3v) is 20.3. The van der Waals surface area contributed by atoms with Crippen LogP contribution in [0, 0.1) is 23.7 Å². The van der Waals surface area contributed by atoms with E-state index in [-0.39, 0.29) is 52.6 Å². The summed E-state index contributed by atoms with van der Waals surface area (Å²) in [6.45, 7) is 20.4. The van der Waals surface area contributed by atoms with Gasteiger partial charge in [-0.15, -0.1) is 0 Å². The molecule has 5 aliphatic rings. The number of carbonyl (C=O) groups excluding carboxylic acids is 6. The van der Waals surface area contributed by atoms with Crippen molar-refractivity contribution in [2.45, 2.75) is 244 Å². The summed E-state index contributed by atoms with van der Waals surface area (Å²) in [6.07, 6.45) is -14.6. The van der Waals surface area contributed by atoms with Crippen LogP contribution in [-0.4, -0.2) is 191 Å². The predicted octanol–water partition coefficient (Wildman–Crippen LogP) is 9.13. The SMILES string of the molecule is CC[C@H](C)C1O[C@H](O[C@H]2C([C@H]3COC(C)(C)O3)O[C@@](Oc3ccc(CCCN(Cc4ccccc4)C(=O)OCc4ccccc4)cc3)(C(=O)OC)C[C@H]2C)C(OC(C)=O)[C@@H](O[C@H]2O[C@@H]([C@@H](C)CC)CC(C)C2O[C@H]2OC(COC(C)=O)[C@@H](OC(C)=O)C(OC(C)=O)[C@H]2N=[N+]=[N-])[C@@H]1PBB=O. The molecule has 5 aliphatic heterocycles. The number of azide groups is 1. The first-order valence-corrected chi connectivity index (χ1v) is 35.7. The zero-order chi connectivity index (χ0) is 72.4. The number of carbonyl (C=O) groups is 6. The Bertz CT molecular complexity index is 3240. The molecule has 0 radical (unpaired) electrons. The maximum atomic E-state index is 14.5. The quantitative estimate of drug-likeness (QED) is 0.0110. The molecule has 0 aromatic heterocycles. The fourth-order valence-corrected chi connectivity index (χ4v) is 15.0. The molecule has 0 saturated carbocycles. The van der Waals surface area contributed by atoms with Gasteiger partial charge < -0.3 is 23.8 Å². The Morgan fingerprint density at radius 2 is 1.34 bits per heavy atom. The number of hydrogen-bond acceptors (Lipinski definition) is 24. The van der Waals surface area contributed by atoms with E-state index in [0.29, 0.717) is 45.2 Å². The molecule has 1 amide bonds. The Morgan fingerprint density at radius 3 is 1.94 bits per heavy atom. The molecular weight excluding hydrogens is 1320 g/mol. The molecule has 3 aromatic rings. The molecule has 27 nitrogen and oxygen atoms in total. The molecule has 0 aliphatic carbocycles. The van der Waals surface area contributed by atoms with E-state index in [1.54, 1.807) is 30.9 Å². The number of nitrogens with zero attached hydrogens (tertiary/aromatic N) is 4. The number of hydrogen-bond donors (Lipinski definition) is 0. The number of aryl methyl sites for hydroxylation is 1. The molecule has 8 unspecified atom stereocenters. The molecule has 5 saturated heterocycles. The van der Waals surface area contributed by atoms with Gasteiger partial charge in [0.25, 0.3) is 0 Å². The normalized spacial score (nSPS) is 31.6. The average molecular weight is 1420 g/mol. The monoisotopic (exact) mass is 1410 g/mol. The van der Waals surface area contributed by atoms with Crippen molar-refractivity contribution in [1.29, 1.82) is 0 Å². The van der Waals surface area contributed by atoms with Crippen molar-refractivity contribution < 1.29 is 109 Å². The number of benzene rings is 3. The van der Waals surface area contributed by atoms with Crippen molar-refractivity contribution in [3.05, 3.63) is 112 Å². The van der Waals surface area contributed by atoms with Gasteiger partial charge in [-0.25, -0.2) is 9.59 Å². The summed E-state index contributed by atoms with van der Waals surface area (Å²) < 4.78 is 115. The van der Waals surface area contributed by atoms with Crippen LogP contribution in [-0.2, 0) is 119 Å². The van der Waals surface area contributed by atoms with Crippen LogP contribution in [0.5, 0.6) is 5.75 Å². The van der Waals surface area contributed by atoms with Crippen LogP contribution >= 0.6 is 8.46 Å². The minimum atomic E-state index is -2.10. The topological polar surface area (TPSA) is 319 Å². The van der Waals surface area contributed by atoms with Crippen molar-refractivity contribution in [2.75, 3.05) is 26.9 Å². The molecule has 5 heterocycles. The Kier molecular flexibility index (Phi) is 29.3. The van der Waals surface area contributed by atoms with E-state index in [4.69, 9.17) is 75.8 Å². The van der Waals surface area contributed by atoms with Crippen LogP contribution < -0.4 is 4.74 Å². The number of rotatable bonds is 31. The van der Waals surface area contributed by atoms with E-state index in [1.165, 1.54) is 21.0 Å². The third kappa shape index (κ3) is 21.0. The van der Waals surface area contributed by atoms with Crippen LogP contribution in [0.25, 0.3) is 10.4 Å². The average Bonchev–Trinajstić information content (AvgIpc) is 1.15. The van der Waals surface area contributed by atoms with E-state index in [9.17, 15) is 39.0 Å². The zero-order valence-corrected chi connectivity index (χ0v) is 60.4. The van der Waals surface area contributed by atoms with Gasteiger partial charge in [0.2, 0.25) is 0 Å².